The van der Waals surface area contributed by atoms with Crippen LogP contribution in [0.2, 0.25) is 0 Å². The van der Waals surface area contributed by atoms with Crippen molar-refractivity contribution in [3.05, 3.63) is 90.0 Å². The van der Waals surface area contributed by atoms with Crippen LogP contribution in [0.3, 0.4) is 0 Å². The van der Waals surface area contributed by atoms with Gasteiger partial charge >= 0.3 is 0 Å². The zero-order valence-corrected chi connectivity index (χ0v) is 18.1. The van der Waals surface area contributed by atoms with Gasteiger partial charge < -0.3 is 10.2 Å². The summed E-state index contributed by atoms with van der Waals surface area (Å²) < 4.78 is 13.6. The highest BCUT2D eigenvalue weighted by Gasteiger charge is 2.45. The quantitative estimate of drug-likeness (QED) is 0.639. The molecule has 32 heavy (non-hydrogen) atoms. The van der Waals surface area contributed by atoms with Crippen LogP contribution in [0.15, 0.2) is 73.1 Å². The van der Waals surface area contributed by atoms with E-state index in [1.165, 1.54) is 18.2 Å². The van der Waals surface area contributed by atoms with Gasteiger partial charge in [-0.05, 0) is 60.7 Å². The van der Waals surface area contributed by atoms with Crippen LogP contribution in [0.1, 0.15) is 29.3 Å². The third-order valence-corrected chi connectivity index (χ3v) is 6.02. The lowest BCUT2D eigenvalue weighted by Crippen LogP contribution is -2.45. The van der Waals surface area contributed by atoms with Crippen LogP contribution in [-0.2, 0) is 11.2 Å². The summed E-state index contributed by atoms with van der Waals surface area (Å²) in [6.45, 7) is 3.18. The van der Waals surface area contributed by atoms with Crippen molar-refractivity contribution in [2.75, 3.05) is 19.6 Å². The zero-order chi connectivity index (χ0) is 22.6. The Hall–Kier alpha value is -3.54. The van der Waals surface area contributed by atoms with Gasteiger partial charge in [-0.15, -0.1) is 0 Å². The number of nitrogens with one attached hydrogen (secondary N) is 1. The number of carbonyl (C=O) groups excluding carboxylic acids is 2. The molecule has 1 aliphatic rings. The molecule has 4 rings (SSSR count). The Morgan fingerprint density at radius 3 is 2.59 bits per heavy atom. The summed E-state index contributed by atoms with van der Waals surface area (Å²) in [4.78, 5) is 31.9. The number of nitrogens with zero attached hydrogens (tertiary/aromatic N) is 2. The molecule has 0 saturated carbocycles. The lowest BCUT2D eigenvalue weighted by atomic mass is 9.79. The Kier molecular flexibility index (Phi) is 6.30. The molecule has 2 amide bonds. The maximum absolute atomic E-state index is 13.6. The molecule has 1 fully saturated rings. The Morgan fingerprint density at radius 1 is 1.09 bits per heavy atom. The van der Waals surface area contributed by atoms with Crippen LogP contribution >= 0.6 is 0 Å². The molecule has 2 aromatic carbocycles. The maximum atomic E-state index is 13.6. The minimum absolute atomic E-state index is 0.0501. The summed E-state index contributed by atoms with van der Waals surface area (Å²) in [6, 6.07) is 17.7. The molecule has 1 saturated heterocycles. The van der Waals surface area contributed by atoms with Crippen LogP contribution in [0, 0.1) is 11.2 Å². The van der Waals surface area contributed by atoms with Crippen LogP contribution in [-0.4, -0.2) is 41.3 Å². The van der Waals surface area contributed by atoms with E-state index in [9.17, 15) is 14.0 Å². The van der Waals surface area contributed by atoms with E-state index in [-0.39, 0.29) is 11.8 Å². The molecular weight excluding hydrogens is 405 g/mol. The number of hydrogen-bond donors (Lipinski definition) is 1. The van der Waals surface area contributed by atoms with Crippen molar-refractivity contribution in [2.24, 2.45) is 5.41 Å². The molecule has 0 aliphatic carbocycles. The molecule has 1 aliphatic heterocycles. The molecular formula is C26H26FN3O2. The number of likely N-dealkylation sites (tertiary alicyclic amines) is 1. The third-order valence-electron chi connectivity index (χ3n) is 6.02. The fourth-order valence-electron chi connectivity index (χ4n) is 4.35. The molecule has 0 bridgehead atoms. The van der Waals surface area contributed by atoms with E-state index in [0.29, 0.717) is 38.0 Å². The van der Waals surface area contributed by atoms with E-state index in [0.717, 1.165) is 16.7 Å². The number of aromatic nitrogens is 1. The van der Waals surface area contributed by atoms with E-state index in [1.807, 2.05) is 49.5 Å². The van der Waals surface area contributed by atoms with E-state index >= 15 is 0 Å². The second-order valence-corrected chi connectivity index (χ2v) is 8.24. The number of pyridine rings is 1. The molecule has 164 valence electrons. The number of hydrogen-bond acceptors (Lipinski definition) is 3. The van der Waals surface area contributed by atoms with Crippen molar-refractivity contribution < 1.29 is 14.0 Å². The molecule has 5 nitrogen and oxygen atoms in total. The number of rotatable bonds is 6. The fraction of sp³-hybridized carbons (Fsp3) is 0.269. The van der Waals surface area contributed by atoms with Gasteiger partial charge in [0.05, 0.1) is 5.41 Å². The van der Waals surface area contributed by atoms with E-state index in [4.69, 9.17) is 0 Å². The Morgan fingerprint density at radius 2 is 1.91 bits per heavy atom. The van der Waals surface area contributed by atoms with Crippen molar-refractivity contribution in [1.29, 1.82) is 0 Å². The lowest BCUT2D eigenvalue weighted by Gasteiger charge is -2.28. The van der Waals surface area contributed by atoms with Crippen LogP contribution in [0.25, 0.3) is 11.1 Å². The highest BCUT2D eigenvalue weighted by Crippen LogP contribution is 2.36. The van der Waals surface area contributed by atoms with Crippen molar-refractivity contribution >= 4 is 11.8 Å². The van der Waals surface area contributed by atoms with Crippen molar-refractivity contribution in [1.82, 2.24) is 15.2 Å². The first-order valence-electron chi connectivity index (χ1n) is 10.8. The molecule has 3 aromatic rings. The van der Waals surface area contributed by atoms with Crippen LogP contribution < -0.4 is 5.32 Å². The van der Waals surface area contributed by atoms with Gasteiger partial charge in [-0.1, -0.05) is 36.4 Å². The van der Waals surface area contributed by atoms with Gasteiger partial charge in [-0.2, -0.15) is 0 Å². The highest BCUT2D eigenvalue weighted by molar-refractivity contribution is 5.95. The smallest absolute Gasteiger partial charge is 0.253 e. The summed E-state index contributed by atoms with van der Waals surface area (Å²) in [5.41, 5.74) is 2.71. The number of carbonyl (C=O) groups is 2. The van der Waals surface area contributed by atoms with Gasteiger partial charge in [0, 0.05) is 37.6 Å². The molecule has 1 aromatic heterocycles. The summed E-state index contributed by atoms with van der Waals surface area (Å²) in [5.74, 6) is -0.743. The summed E-state index contributed by atoms with van der Waals surface area (Å²) >= 11 is 0. The average molecular weight is 432 g/mol. The van der Waals surface area contributed by atoms with Gasteiger partial charge in [0.25, 0.3) is 5.91 Å². The maximum Gasteiger partial charge on any atom is 0.253 e. The molecule has 6 heteroatoms. The Bertz CT molecular complexity index is 1100. The average Bonchev–Trinajstić information content (AvgIpc) is 3.25. The van der Waals surface area contributed by atoms with E-state index in [2.05, 4.69) is 10.3 Å². The first kappa shape index (κ1) is 21.7. The summed E-state index contributed by atoms with van der Waals surface area (Å²) in [6.07, 6.45) is 4.65. The Labute approximate surface area is 187 Å². The van der Waals surface area contributed by atoms with Gasteiger partial charge in [0.2, 0.25) is 5.91 Å². The normalized spacial score (nSPS) is 17.9. The van der Waals surface area contributed by atoms with Crippen molar-refractivity contribution in [2.45, 2.75) is 19.8 Å². The number of amides is 2. The zero-order valence-electron chi connectivity index (χ0n) is 18.1. The number of halogens is 1. The standard InChI is InChI=1S/C26H26FN3O2/c1-2-29-25(32)26(12-14-30(18-26)24(31)21-5-3-7-23(27)15-21)16-19-8-10-20(11-9-19)22-6-4-13-28-17-22/h3-11,13,15,17H,2,12,14,16,18H2,1H3,(H,29,32)/t26-/m1/s1. The van der Waals surface area contributed by atoms with E-state index in [1.54, 1.807) is 17.2 Å². The molecule has 1 atom stereocenters. The predicted octanol–water partition coefficient (Wildman–Crippen LogP) is 4.10. The topological polar surface area (TPSA) is 62.3 Å². The van der Waals surface area contributed by atoms with Crippen LogP contribution in [0.4, 0.5) is 4.39 Å². The summed E-state index contributed by atoms with van der Waals surface area (Å²) in [7, 11) is 0. The largest absolute Gasteiger partial charge is 0.356 e. The third kappa shape index (κ3) is 4.54. The highest BCUT2D eigenvalue weighted by atomic mass is 19.1. The van der Waals surface area contributed by atoms with E-state index < -0.39 is 11.2 Å². The minimum Gasteiger partial charge on any atom is -0.356 e. The van der Waals surface area contributed by atoms with Crippen molar-refractivity contribution in [3.8, 4) is 11.1 Å². The predicted molar refractivity (Wildman–Crippen MR) is 121 cm³/mol. The van der Waals surface area contributed by atoms with Crippen LogP contribution in [0.5, 0.6) is 0 Å². The SMILES string of the molecule is CCNC(=O)[C@@]1(Cc2ccc(-c3cccnc3)cc2)CCN(C(=O)c2cccc(F)c2)C1. The second-order valence-electron chi connectivity index (χ2n) is 8.24. The number of benzene rings is 2. The van der Waals surface area contributed by atoms with Gasteiger partial charge in [-0.25, -0.2) is 4.39 Å². The minimum atomic E-state index is -0.713. The molecule has 0 radical (unpaired) electrons. The first-order valence-corrected chi connectivity index (χ1v) is 10.8. The lowest BCUT2D eigenvalue weighted by molar-refractivity contribution is -0.130. The second kappa shape index (κ2) is 9.30. The summed E-state index contributed by atoms with van der Waals surface area (Å²) in [5, 5.41) is 2.95. The molecule has 2 heterocycles. The van der Waals surface area contributed by atoms with Crippen molar-refractivity contribution in [3.63, 3.8) is 0 Å². The first-order chi connectivity index (χ1) is 15.5. The van der Waals surface area contributed by atoms with Gasteiger partial charge in [-0.3, -0.25) is 14.6 Å². The molecule has 0 spiro atoms. The van der Waals surface area contributed by atoms with Gasteiger partial charge in [0.1, 0.15) is 5.82 Å². The van der Waals surface area contributed by atoms with Gasteiger partial charge in [0.15, 0.2) is 0 Å². The monoisotopic (exact) mass is 431 g/mol. The molecule has 1 N–H and O–H groups in total. The Balaban J connectivity index is 1.55. The fourth-order valence-corrected chi connectivity index (χ4v) is 4.35. The molecule has 0 unspecified atom stereocenters.